The standard InChI is InChI=1S/C19H19ClN4OS/c1-4-24-18(25)16(12-13-7-9-14(10-8-13)23(2)3)26-19(24)22-15-6-5-11-21-17(15)20/h5-12H,4H2,1-3H3/b16-12-,22-19?. The van der Waals surface area contributed by atoms with Crippen molar-refractivity contribution in [2.24, 2.45) is 4.99 Å². The number of benzene rings is 1. The van der Waals surface area contributed by atoms with E-state index < -0.39 is 0 Å². The van der Waals surface area contributed by atoms with E-state index in [2.05, 4.69) is 9.98 Å². The summed E-state index contributed by atoms with van der Waals surface area (Å²) in [6.07, 6.45) is 3.50. The summed E-state index contributed by atoms with van der Waals surface area (Å²) in [5.74, 6) is -0.0482. The van der Waals surface area contributed by atoms with Crippen molar-refractivity contribution in [1.82, 2.24) is 9.88 Å². The van der Waals surface area contributed by atoms with E-state index in [1.165, 1.54) is 11.8 Å². The van der Waals surface area contributed by atoms with E-state index in [0.29, 0.717) is 27.5 Å². The number of likely N-dealkylation sites (N-methyl/N-ethyl adjacent to an activating group) is 1. The lowest BCUT2D eigenvalue weighted by molar-refractivity contribution is -0.122. The minimum Gasteiger partial charge on any atom is -0.378 e. The third kappa shape index (κ3) is 3.92. The molecule has 7 heteroatoms. The zero-order valence-corrected chi connectivity index (χ0v) is 16.4. The number of carbonyl (C=O) groups excluding carboxylic acids is 1. The highest BCUT2D eigenvalue weighted by molar-refractivity contribution is 8.18. The van der Waals surface area contributed by atoms with Gasteiger partial charge in [0.25, 0.3) is 5.91 Å². The van der Waals surface area contributed by atoms with Crippen LogP contribution in [0.1, 0.15) is 12.5 Å². The molecule has 1 aromatic heterocycles. The molecule has 0 unspecified atom stereocenters. The van der Waals surface area contributed by atoms with Crippen LogP contribution in [0.4, 0.5) is 11.4 Å². The highest BCUT2D eigenvalue weighted by atomic mass is 35.5. The fraction of sp³-hybridized carbons (Fsp3) is 0.211. The number of aromatic nitrogens is 1. The van der Waals surface area contributed by atoms with Gasteiger partial charge in [-0.2, -0.15) is 0 Å². The zero-order chi connectivity index (χ0) is 18.7. The molecule has 0 atom stereocenters. The normalized spacial score (nSPS) is 17.4. The number of hydrogen-bond donors (Lipinski definition) is 0. The van der Waals surface area contributed by atoms with E-state index in [1.807, 2.05) is 56.3 Å². The number of nitrogens with zero attached hydrogens (tertiary/aromatic N) is 4. The van der Waals surface area contributed by atoms with Gasteiger partial charge in [0.1, 0.15) is 5.69 Å². The van der Waals surface area contributed by atoms with Gasteiger partial charge in [-0.1, -0.05) is 23.7 Å². The molecule has 1 aliphatic rings. The number of rotatable bonds is 4. The van der Waals surface area contributed by atoms with Gasteiger partial charge in [-0.25, -0.2) is 9.98 Å². The zero-order valence-electron chi connectivity index (χ0n) is 14.8. The number of thioether (sulfide) groups is 1. The quantitative estimate of drug-likeness (QED) is 0.576. The van der Waals surface area contributed by atoms with E-state index in [0.717, 1.165) is 11.3 Å². The first-order chi connectivity index (χ1) is 12.5. The topological polar surface area (TPSA) is 48.8 Å². The first-order valence-corrected chi connectivity index (χ1v) is 9.37. The van der Waals surface area contributed by atoms with Crippen LogP contribution in [-0.2, 0) is 4.79 Å². The molecule has 1 amide bonds. The highest BCUT2D eigenvalue weighted by Gasteiger charge is 2.32. The number of halogens is 1. The summed E-state index contributed by atoms with van der Waals surface area (Å²) >= 11 is 7.44. The Labute approximate surface area is 162 Å². The first-order valence-electron chi connectivity index (χ1n) is 8.17. The number of pyridine rings is 1. The lowest BCUT2D eigenvalue weighted by Gasteiger charge is -2.12. The van der Waals surface area contributed by atoms with Crippen molar-refractivity contribution in [3.63, 3.8) is 0 Å². The largest absolute Gasteiger partial charge is 0.378 e. The minimum atomic E-state index is -0.0482. The molecular weight excluding hydrogens is 368 g/mol. The molecular formula is C19H19ClN4OS. The van der Waals surface area contributed by atoms with Crippen LogP contribution in [0.25, 0.3) is 6.08 Å². The number of hydrogen-bond acceptors (Lipinski definition) is 5. The Bertz CT molecular complexity index is 877. The molecule has 5 nitrogen and oxygen atoms in total. The lowest BCUT2D eigenvalue weighted by Crippen LogP contribution is -2.28. The Kier molecular flexibility index (Phi) is 5.64. The molecule has 26 heavy (non-hydrogen) atoms. The summed E-state index contributed by atoms with van der Waals surface area (Å²) < 4.78 is 0. The maximum Gasteiger partial charge on any atom is 0.266 e. The third-order valence-corrected chi connectivity index (χ3v) is 5.16. The fourth-order valence-electron chi connectivity index (χ4n) is 2.45. The second kappa shape index (κ2) is 7.93. The van der Waals surface area contributed by atoms with Crippen molar-refractivity contribution in [1.29, 1.82) is 0 Å². The molecule has 0 radical (unpaired) electrons. The predicted octanol–water partition coefficient (Wildman–Crippen LogP) is 4.42. The third-order valence-electron chi connectivity index (χ3n) is 3.87. The van der Waals surface area contributed by atoms with Crippen LogP contribution in [0.5, 0.6) is 0 Å². The van der Waals surface area contributed by atoms with E-state index in [-0.39, 0.29) is 5.91 Å². The molecule has 0 spiro atoms. The highest BCUT2D eigenvalue weighted by Crippen LogP contribution is 2.35. The van der Waals surface area contributed by atoms with Crippen molar-refractivity contribution >= 4 is 51.9 Å². The van der Waals surface area contributed by atoms with E-state index in [9.17, 15) is 4.79 Å². The number of amidine groups is 1. The Morgan fingerprint density at radius 2 is 2.00 bits per heavy atom. The summed E-state index contributed by atoms with van der Waals surface area (Å²) in [7, 11) is 3.99. The molecule has 134 valence electrons. The van der Waals surface area contributed by atoms with E-state index in [4.69, 9.17) is 11.6 Å². The van der Waals surface area contributed by atoms with Gasteiger partial charge >= 0.3 is 0 Å². The summed E-state index contributed by atoms with van der Waals surface area (Å²) in [6.45, 7) is 2.47. The average Bonchev–Trinajstić information content (AvgIpc) is 2.92. The van der Waals surface area contributed by atoms with Gasteiger partial charge in [0.15, 0.2) is 10.3 Å². The molecule has 0 aliphatic carbocycles. The number of anilines is 1. The molecule has 3 rings (SSSR count). The fourth-order valence-corrected chi connectivity index (χ4v) is 3.67. The molecule has 1 aromatic carbocycles. The Morgan fingerprint density at radius 1 is 1.27 bits per heavy atom. The van der Waals surface area contributed by atoms with Crippen LogP contribution in [0, 0.1) is 0 Å². The van der Waals surface area contributed by atoms with Gasteiger partial charge in [-0.15, -0.1) is 0 Å². The molecule has 2 aromatic rings. The van der Waals surface area contributed by atoms with Gasteiger partial charge in [-0.3, -0.25) is 9.69 Å². The van der Waals surface area contributed by atoms with Gasteiger partial charge in [0.2, 0.25) is 0 Å². The van der Waals surface area contributed by atoms with Crippen LogP contribution in [0.3, 0.4) is 0 Å². The van der Waals surface area contributed by atoms with Crippen LogP contribution in [-0.4, -0.2) is 41.6 Å². The number of aliphatic imine (C=N–C) groups is 1. The average molecular weight is 387 g/mol. The van der Waals surface area contributed by atoms with E-state index >= 15 is 0 Å². The summed E-state index contributed by atoms with van der Waals surface area (Å²) in [5.41, 5.74) is 2.64. The second-order valence-electron chi connectivity index (χ2n) is 5.85. The van der Waals surface area contributed by atoms with Crippen LogP contribution in [0.15, 0.2) is 52.5 Å². The first kappa shape index (κ1) is 18.5. The van der Waals surface area contributed by atoms with Crippen molar-refractivity contribution in [2.45, 2.75) is 6.92 Å². The molecule has 1 fully saturated rings. The minimum absolute atomic E-state index is 0.0482. The Hall–Kier alpha value is -2.31. The molecule has 2 heterocycles. The van der Waals surface area contributed by atoms with Crippen LogP contribution >= 0.6 is 23.4 Å². The van der Waals surface area contributed by atoms with Crippen LogP contribution in [0.2, 0.25) is 5.15 Å². The molecule has 0 N–H and O–H groups in total. The second-order valence-corrected chi connectivity index (χ2v) is 7.22. The lowest BCUT2D eigenvalue weighted by atomic mass is 10.2. The van der Waals surface area contributed by atoms with Gasteiger partial charge in [0.05, 0.1) is 4.91 Å². The molecule has 0 saturated carbocycles. The maximum absolute atomic E-state index is 12.7. The van der Waals surface area contributed by atoms with Gasteiger partial charge in [-0.05, 0) is 54.6 Å². The van der Waals surface area contributed by atoms with E-state index in [1.54, 1.807) is 23.2 Å². The Balaban J connectivity index is 1.90. The van der Waals surface area contributed by atoms with Gasteiger partial charge < -0.3 is 4.90 Å². The van der Waals surface area contributed by atoms with Crippen molar-refractivity contribution in [2.75, 3.05) is 25.5 Å². The number of carbonyl (C=O) groups is 1. The molecule has 1 aliphatic heterocycles. The molecule has 1 saturated heterocycles. The maximum atomic E-state index is 12.7. The SMILES string of the molecule is CCN1C(=O)/C(=C/c2ccc(N(C)C)cc2)SC1=Nc1cccnc1Cl. The summed E-state index contributed by atoms with van der Waals surface area (Å²) in [5, 5.41) is 0.935. The Morgan fingerprint density at radius 3 is 2.62 bits per heavy atom. The number of amides is 1. The predicted molar refractivity (Wildman–Crippen MR) is 110 cm³/mol. The van der Waals surface area contributed by atoms with Gasteiger partial charge in [0, 0.05) is 32.5 Å². The summed E-state index contributed by atoms with van der Waals surface area (Å²) in [4.78, 5) is 25.6. The van der Waals surface area contributed by atoms with Crippen molar-refractivity contribution in [3.05, 3.63) is 58.2 Å². The van der Waals surface area contributed by atoms with Crippen molar-refractivity contribution in [3.8, 4) is 0 Å². The molecule has 0 bridgehead atoms. The van der Waals surface area contributed by atoms with Crippen molar-refractivity contribution < 1.29 is 4.79 Å². The monoisotopic (exact) mass is 386 g/mol. The van der Waals surface area contributed by atoms with Crippen LogP contribution < -0.4 is 4.90 Å². The smallest absolute Gasteiger partial charge is 0.266 e. The summed E-state index contributed by atoms with van der Waals surface area (Å²) in [6, 6.07) is 11.6.